The molecule has 4 rings (SSSR count). The van der Waals surface area contributed by atoms with Crippen molar-refractivity contribution in [3.63, 3.8) is 0 Å². The van der Waals surface area contributed by atoms with Crippen LogP contribution in [-0.2, 0) is 14.3 Å². The number of fused-ring (bicyclic) bond motifs is 1. The summed E-state index contributed by atoms with van der Waals surface area (Å²) in [5, 5.41) is 4.41. The molecule has 3 aromatic rings. The van der Waals surface area contributed by atoms with Crippen molar-refractivity contribution in [2.24, 2.45) is 0 Å². The van der Waals surface area contributed by atoms with E-state index in [1.54, 1.807) is 24.3 Å². The first kappa shape index (κ1) is 16.7. The zero-order chi connectivity index (χ0) is 18.4. The summed E-state index contributed by atoms with van der Waals surface area (Å²) < 4.78 is 15.5. The van der Waals surface area contributed by atoms with Crippen molar-refractivity contribution in [2.75, 3.05) is 6.61 Å². The molecular formula is C18H16N2O5S. The zero-order valence-electron chi connectivity index (χ0n) is 14.5. The Balaban J connectivity index is 1.81. The number of carbonyl (C=O) groups is 2. The van der Waals surface area contributed by atoms with Gasteiger partial charge in [-0.1, -0.05) is 5.16 Å². The fourth-order valence-electron chi connectivity index (χ4n) is 3.06. The summed E-state index contributed by atoms with van der Waals surface area (Å²) in [6.07, 6.45) is -0.517. The number of esters is 2. The molecule has 0 N–H and O–H groups in total. The molecule has 1 aliphatic heterocycles. The second-order valence-corrected chi connectivity index (χ2v) is 7.64. The SMILES string of the molecule is Cc1cc(-c2cc(C(=O)OC3CCOC3=O)c3c(C)noc3n2)c(C)s1. The van der Waals surface area contributed by atoms with Crippen LogP contribution in [0.5, 0.6) is 0 Å². The highest BCUT2D eigenvalue weighted by Crippen LogP contribution is 2.33. The van der Waals surface area contributed by atoms with Gasteiger partial charge in [-0.25, -0.2) is 14.6 Å². The molecule has 1 aliphatic rings. The van der Waals surface area contributed by atoms with E-state index in [9.17, 15) is 9.59 Å². The maximum Gasteiger partial charge on any atom is 0.347 e. The molecule has 0 radical (unpaired) electrons. The maximum absolute atomic E-state index is 12.8. The van der Waals surface area contributed by atoms with E-state index in [-0.39, 0.29) is 17.9 Å². The lowest BCUT2D eigenvalue weighted by atomic mass is 10.1. The molecule has 0 spiro atoms. The standard InChI is InChI=1S/C18H16N2O5S/c1-8-6-11(10(3)26-8)13-7-12(15-9(2)20-25-16(15)19-13)17(21)24-14-4-5-23-18(14)22/h6-7,14H,4-5H2,1-3H3. The number of carbonyl (C=O) groups excluding carboxylic acids is 2. The van der Waals surface area contributed by atoms with Crippen molar-refractivity contribution in [3.8, 4) is 11.3 Å². The lowest BCUT2D eigenvalue weighted by Gasteiger charge is -2.10. The Morgan fingerprint density at radius 1 is 1.31 bits per heavy atom. The summed E-state index contributed by atoms with van der Waals surface area (Å²) in [6.45, 7) is 6.00. The molecular weight excluding hydrogens is 356 g/mol. The van der Waals surface area contributed by atoms with E-state index >= 15 is 0 Å². The number of rotatable bonds is 3. The lowest BCUT2D eigenvalue weighted by Crippen LogP contribution is -2.23. The number of ether oxygens (including phenoxy) is 2. The van der Waals surface area contributed by atoms with Gasteiger partial charge < -0.3 is 14.0 Å². The number of thiophene rings is 1. The highest BCUT2D eigenvalue weighted by atomic mass is 32.1. The summed E-state index contributed by atoms with van der Waals surface area (Å²) in [5.41, 5.74) is 2.63. The second-order valence-electron chi connectivity index (χ2n) is 6.18. The van der Waals surface area contributed by atoms with Crippen molar-refractivity contribution in [1.29, 1.82) is 0 Å². The van der Waals surface area contributed by atoms with Crippen LogP contribution >= 0.6 is 11.3 Å². The van der Waals surface area contributed by atoms with Crippen LogP contribution in [0.4, 0.5) is 0 Å². The average molecular weight is 372 g/mol. The minimum atomic E-state index is -0.876. The third-order valence-electron chi connectivity index (χ3n) is 4.29. The van der Waals surface area contributed by atoms with Crippen molar-refractivity contribution in [3.05, 3.63) is 33.1 Å². The largest absolute Gasteiger partial charge is 0.463 e. The Hall–Kier alpha value is -2.74. The number of pyridine rings is 1. The minimum absolute atomic E-state index is 0.257. The van der Waals surface area contributed by atoms with Crippen molar-refractivity contribution >= 4 is 34.4 Å². The number of aryl methyl sites for hydroxylation is 3. The Morgan fingerprint density at radius 3 is 2.77 bits per heavy atom. The topological polar surface area (TPSA) is 91.5 Å². The first-order chi connectivity index (χ1) is 12.4. The molecule has 0 bridgehead atoms. The van der Waals surface area contributed by atoms with Gasteiger partial charge in [0.05, 0.1) is 28.9 Å². The molecule has 134 valence electrons. The molecule has 0 amide bonds. The van der Waals surface area contributed by atoms with Gasteiger partial charge >= 0.3 is 11.9 Å². The van der Waals surface area contributed by atoms with Crippen LogP contribution < -0.4 is 0 Å². The van der Waals surface area contributed by atoms with E-state index in [1.807, 2.05) is 19.9 Å². The van der Waals surface area contributed by atoms with Crippen LogP contribution in [0.25, 0.3) is 22.4 Å². The smallest absolute Gasteiger partial charge is 0.347 e. The summed E-state index contributed by atoms with van der Waals surface area (Å²) >= 11 is 1.65. The van der Waals surface area contributed by atoms with Crippen molar-refractivity contribution in [1.82, 2.24) is 10.1 Å². The highest BCUT2D eigenvalue weighted by molar-refractivity contribution is 7.12. The third kappa shape index (κ3) is 2.76. The van der Waals surface area contributed by atoms with Crippen LogP contribution in [0.1, 0.15) is 32.2 Å². The fourth-order valence-corrected chi connectivity index (χ4v) is 3.99. The average Bonchev–Trinajstić information content (AvgIpc) is 3.27. The molecule has 0 aliphatic carbocycles. The van der Waals surface area contributed by atoms with E-state index in [0.717, 1.165) is 15.3 Å². The van der Waals surface area contributed by atoms with Gasteiger partial charge in [0.25, 0.3) is 5.71 Å². The summed E-state index contributed by atoms with van der Waals surface area (Å²) in [6, 6.07) is 3.69. The third-order valence-corrected chi connectivity index (χ3v) is 5.26. The van der Waals surface area contributed by atoms with E-state index in [1.165, 1.54) is 0 Å². The molecule has 1 fully saturated rings. The van der Waals surface area contributed by atoms with Crippen molar-refractivity contribution in [2.45, 2.75) is 33.3 Å². The van der Waals surface area contributed by atoms with Gasteiger partial charge in [-0.05, 0) is 32.9 Å². The Morgan fingerprint density at radius 2 is 2.12 bits per heavy atom. The predicted octanol–water partition coefficient (Wildman–Crippen LogP) is 3.35. The van der Waals surface area contributed by atoms with Crippen LogP contribution in [-0.4, -0.2) is 34.8 Å². The van der Waals surface area contributed by atoms with Gasteiger partial charge in [0.1, 0.15) is 0 Å². The Bertz CT molecular complexity index is 1040. The fraction of sp³-hybridized carbons (Fsp3) is 0.333. The van der Waals surface area contributed by atoms with Gasteiger partial charge in [-0.3, -0.25) is 0 Å². The molecule has 26 heavy (non-hydrogen) atoms. The van der Waals surface area contributed by atoms with Gasteiger partial charge in [-0.2, -0.15) is 0 Å². The van der Waals surface area contributed by atoms with Gasteiger partial charge in [0.2, 0.25) is 6.10 Å². The molecule has 0 aromatic carbocycles. The summed E-state index contributed by atoms with van der Waals surface area (Å²) in [4.78, 5) is 31.1. The van der Waals surface area contributed by atoms with E-state index < -0.39 is 18.0 Å². The van der Waals surface area contributed by atoms with Gasteiger partial charge in [0.15, 0.2) is 0 Å². The zero-order valence-corrected chi connectivity index (χ0v) is 15.3. The van der Waals surface area contributed by atoms with Crippen LogP contribution in [0.15, 0.2) is 16.7 Å². The quantitative estimate of drug-likeness (QED) is 0.651. The van der Waals surface area contributed by atoms with E-state index in [0.29, 0.717) is 23.2 Å². The van der Waals surface area contributed by atoms with Crippen molar-refractivity contribution < 1.29 is 23.6 Å². The van der Waals surface area contributed by atoms with E-state index in [4.69, 9.17) is 14.0 Å². The molecule has 4 heterocycles. The molecule has 8 heteroatoms. The number of hydrogen-bond acceptors (Lipinski definition) is 8. The van der Waals surface area contributed by atoms with Gasteiger partial charge in [0, 0.05) is 21.7 Å². The highest BCUT2D eigenvalue weighted by Gasteiger charge is 2.32. The Labute approximate surface area is 152 Å². The number of cyclic esters (lactones) is 1. The monoisotopic (exact) mass is 372 g/mol. The molecule has 1 atom stereocenters. The van der Waals surface area contributed by atoms with Crippen LogP contribution in [0, 0.1) is 20.8 Å². The summed E-state index contributed by atoms with van der Waals surface area (Å²) in [7, 11) is 0. The number of aromatic nitrogens is 2. The predicted molar refractivity (Wildman–Crippen MR) is 94.1 cm³/mol. The normalized spacial score (nSPS) is 16.9. The van der Waals surface area contributed by atoms with Crippen LogP contribution in [0.2, 0.25) is 0 Å². The van der Waals surface area contributed by atoms with Crippen LogP contribution in [0.3, 0.4) is 0 Å². The summed E-state index contributed by atoms with van der Waals surface area (Å²) in [5.74, 6) is -1.13. The van der Waals surface area contributed by atoms with Gasteiger partial charge in [-0.15, -0.1) is 11.3 Å². The molecule has 0 saturated carbocycles. The number of hydrogen-bond donors (Lipinski definition) is 0. The minimum Gasteiger partial charge on any atom is -0.463 e. The maximum atomic E-state index is 12.8. The molecule has 3 aromatic heterocycles. The lowest BCUT2D eigenvalue weighted by molar-refractivity contribution is -0.145. The first-order valence-electron chi connectivity index (χ1n) is 8.16. The Kier molecular flexibility index (Phi) is 3.99. The first-order valence-corrected chi connectivity index (χ1v) is 8.97. The number of nitrogens with zero attached hydrogens (tertiary/aromatic N) is 2. The second kappa shape index (κ2) is 6.21. The molecule has 1 unspecified atom stereocenters. The molecule has 1 saturated heterocycles. The van der Waals surface area contributed by atoms with E-state index in [2.05, 4.69) is 10.1 Å². The molecule has 7 nitrogen and oxygen atoms in total.